The molecule has 4 N–H and O–H groups in total. The first-order valence-electron chi connectivity index (χ1n) is 6.32. The van der Waals surface area contributed by atoms with Gasteiger partial charge in [0.05, 0.1) is 10.4 Å². The molecule has 0 spiro atoms. The quantitative estimate of drug-likeness (QED) is 0.435. The van der Waals surface area contributed by atoms with Crippen LogP contribution in [0.15, 0.2) is 18.2 Å². The smallest absolute Gasteiger partial charge is 0.258 e. The van der Waals surface area contributed by atoms with Gasteiger partial charge in [0.25, 0.3) is 0 Å². The lowest BCUT2D eigenvalue weighted by Gasteiger charge is -2.21. The highest BCUT2D eigenvalue weighted by atomic mass is 32.1. The third kappa shape index (κ3) is 2.56. The van der Waals surface area contributed by atoms with Crippen LogP contribution in [-0.2, 0) is 0 Å². The number of nitrogens with two attached hydrogens (primary N) is 1. The molecule has 0 bridgehead atoms. The molecule has 0 atom stereocenters. The van der Waals surface area contributed by atoms with E-state index in [1.54, 1.807) is 6.07 Å². The maximum Gasteiger partial charge on any atom is 0.351 e. The summed E-state index contributed by atoms with van der Waals surface area (Å²) < 4.78 is 4.75. The van der Waals surface area contributed by atoms with Gasteiger partial charge in [-0.2, -0.15) is 5.53 Å². The molecule has 8 nitrogen and oxygen atoms in total. The lowest BCUT2D eigenvalue weighted by Crippen LogP contribution is -2.55. The number of urea groups is 1. The Labute approximate surface area is 119 Å². The molecule has 1 fully saturated rings. The second kappa shape index (κ2) is 5.67. The fourth-order valence-electron chi connectivity index (χ4n) is 2.11. The summed E-state index contributed by atoms with van der Waals surface area (Å²) in [6.07, 6.45) is 2.25. The lowest BCUT2D eigenvalue weighted by molar-refractivity contribution is 0.186. The lowest BCUT2D eigenvalue weighted by atomic mass is 10.3. The van der Waals surface area contributed by atoms with E-state index in [0.717, 1.165) is 35.6 Å². The van der Waals surface area contributed by atoms with E-state index in [1.165, 1.54) is 11.5 Å². The van der Waals surface area contributed by atoms with E-state index in [0.29, 0.717) is 11.2 Å². The Kier molecular flexibility index (Phi) is 3.74. The zero-order valence-corrected chi connectivity index (χ0v) is 11.6. The van der Waals surface area contributed by atoms with Gasteiger partial charge in [-0.3, -0.25) is 5.43 Å². The van der Waals surface area contributed by atoms with Crippen LogP contribution in [0.2, 0.25) is 0 Å². The number of carbonyl (C=O) groups is 1. The van der Waals surface area contributed by atoms with Crippen molar-refractivity contribution < 1.29 is 4.79 Å². The van der Waals surface area contributed by atoms with Crippen molar-refractivity contribution in [2.75, 3.05) is 18.1 Å². The molecule has 0 aliphatic carbocycles. The number of hydrogen-bond donors (Lipinski definition) is 3. The van der Waals surface area contributed by atoms with Gasteiger partial charge in [-0.1, -0.05) is 10.6 Å². The Morgan fingerprint density at radius 2 is 2.20 bits per heavy atom. The van der Waals surface area contributed by atoms with E-state index in [4.69, 9.17) is 5.84 Å². The zero-order valence-electron chi connectivity index (χ0n) is 10.7. The normalized spacial score (nSPS) is 15.7. The Morgan fingerprint density at radius 3 is 3.00 bits per heavy atom. The fourth-order valence-corrected chi connectivity index (χ4v) is 2.69. The van der Waals surface area contributed by atoms with E-state index in [1.807, 2.05) is 17.1 Å². The van der Waals surface area contributed by atoms with Crippen LogP contribution in [0.4, 0.5) is 10.5 Å². The number of benzene rings is 1. The number of rotatable bonds is 3. The van der Waals surface area contributed by atoms with Crippen molar-refractivity contribution >= 4 is 33.5 Å². The molecule has 1 aliphatic rings. The minimum Gasteiger partial charge on any atom is -0.258 e. The SMILES string of the molecule is NN(C(=O)NNN1CCCC1)c1cccc2snnc12. The van der Waals surface area contributed by atoms with Crippen LogP contribution >= 0.6 is 11.5 Å². The molecule has 20 heavy (non-hydrogen) atoms. The molecule has 0 radical (unpaired) electrons. The summed E-state index contributed by atoms with van der Waals surface area (Å²) in [5, 5.41) is 6.97. The van der Waals surface area contributed by atoms with E-state index in [2.05, 4.69) is 20.5 Å². The molecule has 1 aromatic heterocycles. The Bertz CT molecular complexity index is 610. The first-order valence-corrected chi connectivity index (χ1v) is 7.09. The highest BCUT2D eigenvalue weighted by molar-refractivity contribution is 7.13. The maximum atomic E-state index is 12.0. The van der Waals surface area contributed by atoms with E-state index >= 15 is 0 Å². The van der Waals surface area contributed by atoms with Crippen LogP contribution in [-0.4, -0.2) is 33.7 Å². The summed E-state index contributed by atoms with van der Waals surface area (Å²) in [6.45, 7) is 1.83. The molecule has 3 rings (SSSR count). The van der Waals surface area contributed by atoms with Crippen molar-refractivity contribution in [3.63, 3.8) is 0 Å². The number of nitrogens with zero attached hydrogens (tertiary/aromatic N) is 4. The van der Waals surface area contributed by atoms with E-state index in [-0.39, 0.29) is 0 Å². The number of nitrogens with one attached hydrogen (secondary N) is 2. The van der Waals surface area contributed by atoms with Gasteiger partial charge in [0.1, 0.15) is 5.52 Å². The van der Waals surface area contributed by atoms with Crippen LogP contribution in [0.3, 0.4) is 0 Å². The van der Waals surface area contributed by atoms with Crippen LogP contribution in [0.25, 0.3) is 10.2 Å². The largest absolute Gasteiger partial charge is 0.351 e. The molecule has 106 valence electrons. The number of carbonyl (C=O) groups excluding carboxylic acids is 1. The van der Waals surface area contributed by atoms with Crippen molar-refractivity contribution in [1.82, 2.24) is 25.6 Å². The number of fused-ring (bicyclic) bond motifs is 1. The molecule has 1 aromatic carbocycles. The Hall–Kier alpha value is -1.81. The number of anilines is 1. The summed E-state index contributed by atoms with van der Waals surface area (Å²) in [5.41, 5.74) is 6.57. The second-order valence-corrected chi connectivity index (χ2v) is 5.29. The Balaban J connectivity index is 1.69. The van der Waals surface area contributed by atoms with Crippen molar-refractivity contribution in [3.8, 4) is 0 Å². The van der Waals surface area contributed by atoms with Crippen molar-refractivity contribution in [2.45, 2.75) is 12.8 Å². The molecule has 1 aliphatic heterocycles. The third-order valence-corrected chi connectivity index (χ3v) is 3.85. The molecule has 2 aromatic rings. The molecular weight excluding hydrogens is 278 g/mol. The van der Waals surface area contributed by atoms with Gasteiger partial charge in [0.15, 0.2) is 0 Å². The van der Waals surface area contributed by atoms with Crippen molar-refractivity contribution in [1.29, 1.82) is 0 Å². The van der Waals surface area contributed by atoms with Crippen LogP contribution in [0.5, 0.6) is 0 Å². The summed E-state index contributed by atoms with van der Waals surface area (Å²) in [7, 11) is 0. The number of aromatic nitrogens is 2. The summed E-state index contributed by atoms with van der Waals surface area (Å²) in [6, 6.07) is 4.99. The minimum absolute atomic E-state index is 0.447. The summed E-state index contributed by atoms with van der Waals surface area (Å²) in [5.74, 6) is 5.85. The summed E-state index contributed by atoms with van der Waals surface area (Å²) >= 11 is 1.27. The van der Waals surface area contributed by atoms with E-state index in [9.17, 15) is 4.79 Å². The Morgan fingerprint density at radius 1 is 1.40 bits per heavy atom. The van der Waals surface area contributed by atoms with Crippen molar-refractivity contribution in [3.05, 3.63) is 18.2 Å². The van der Waals surface area contributed by atoms with Gasteiger partial charge >= 0.3 is 6.03 Å². The van der Waals surface area contributed by atoms with Gasteiger partial charge in [0, 0.05) is 13.1 Å². The van der Waals surface area contributed by atoms with Crippen LogP contribution in [0, 0.1) is 0 Å². The predicted molar refractivity (Wildman–Crippen MR) is 76.6 cm³/mol. The van der Waals surface area contributed by atoms with Gasteiger partial charge in [-0.15, -0.1) is 5.10 Å². The minimum atomic E-state index is -0.447. The molecule has 1 saturated heterocycles. The molecule has 2 amide bonds. The number of hydrazine groups is 3. The number of hydrogen-bond acceptors (Lipinski definition) is 7. The highest BCUT2D eigenvalue weighted by Gasteiger charge is 2.18. The number of amides is 2. The van der Waals surface area contributed by atoms with E-state index < -0.39 is 6.03 Å². The topological polar surface area (TPSA) is 99.4 Å². The zero-order chi connectivity index (χ0) is 13.9. The standard InChI is InChI=1S/C11H15N7OS/c12-18(11(19)14-15-17-6-1-2-7-17)8-4-3-5-9-10(8)13-16-20-9/h3-5,15H,1-2,6-7,12H2,(H,14,19). The second-order valence-electron chi connectivity index (χ2n) is 4.50. The fraction of sp³-hybridized carbons (Fsp3) is 0.364. The monoisotopic (exact) mass is 293 g/mol. The van der Waals surface area contributed by atoms with Gasteiger partial charge in [-0.25, -0.2) is 20.7 Å². The predicted octanol–water partition coefficient (Wildman–Crippen LogP) is 0.596. The third-order valence-electron chi connectivity index (χ3n) is 3.16. The molecule has 0 unspecified atom stereocenters. The van der Waals surface area contributed by atoms with Gasteiger partial charge in [0.2, 0.25) is 0 Å². The molecule has 0 saturated carbocycles. The van der Waals surface area contributed by atoms with Crippen LogP contribution in [0.1, 0.15) is 12.8 Å². The maximum absolute atomic E-state index is 12.0. The average molecular weight is 293 g/mol. The molecule has 9 heteroatoms. The average Bonchev–Trinajstić information content (AvgIpc) is 3.14. The first-order chi connectivity index (χ1) is 9.75. The first kappa shape index (κ1) is 13.2. The van der Waals surface area contributed by atoms with Crippen molar-refractivity contribution in [2.24, 2.45) is 5.84 Å². The highest BCUT2D eigenvalue weighted by Crippen LogP contribution is 2.25. The van der Waals surface area contributed by atoms with Gasteiger partial charge < -0.3 is 0 Å². The van der Waals surface area contributed by atoms with Crippen LogP contribution < -0.4 is 21.8 Å². The molecular formula is C11H15N7OS. The molecule has 2 heterocycles. The summed E-state index contributed by atoms with van der Waals surface area (Å²) in [4.78, 5) is 12.0. The van der Waals surface area contributed by atoms with Gasteiger partial charge in [-0.05, 0) is 36.5 Å².